The fraction of sp³-hybridized carbons (Fsp3) is 0.700. The summed E-state index contributed by atoms with van der Waals surface area (Å²) in [7, 11) is 1.75. The van der Waals surface area contributed by atoms with Gasteiger partial charge in [-0.1, -0.05) is 13.0 Å². The number of hydrogen-bond donors (Lipinski definition) is 1. The maximum absolute atomic E-state index is 10.9. The molecule has 1 aromatic rings. The van der Waals surface area contributed by atoms with Gasteiger partial charge in [0.1, 0.15) is 5.75 Å². The molecule has 0 bridgehead atoms. The number of ether oxygens (including phenoxy) is 1. The van der Waals surface area contributed by atoms with Crippen LogP contribution < -0.4 is 4.74 Å². The van der Waals surface area contributed by atoms with Crippen molar-refractivity contribution in [3.8, 4) is 5.75 Å². The highest BCUT2D eigenvalue weighted by molar-refractivity contribution is 5.40. The molecule has 2 fully saturated rings. The molecule has 0 radical (unpaired) electrons. The average Bonchev–Trinajstić information content (AvgIpc) is 2.76. The van der Waals surface area contributed by atoms with Gasteiger partial charge in [-0.2, -0.15) is 0 Å². The predicted octanol–water partition coefficient (Wildman–Crippen LogP) is 4.30. The standard InChI is InChI=1S/C20H28O2/c1-19-10-8-16-15-7-5-14(22-3)12-13(15)4-6-17(16)18(19)9-11-20(19,2)21/h5,7,12,16-18,21H,4,6,8-11H2,1-3H3/t16-,17-,18+,19+,20+/m1/s1. The zero-order valence-corrected chi connectivity index (χ0v) is 14.1. The first-order valence-electron chi connectivity index (χ1n) is 8.85. The number of benzene rings is 1. The summed E-state index contributed by atoms with van der Waals surface area (Å²) >= 11 is 0. The monoisotopic (exact) mass is 300 g/mol. The van der Waals surface area contributed by atoms with Gasteiger partial charge in [-0.15, -0.1) is 0 Å². The summed E-state index contributed by atoms with van der Waals surface area (Å²) in [6.07, 6.45) is 7.02. The van der Waals surface area contributed by atoms with Crippen LogP contribution in [0.3, 0.4) is 0 Å². The number of aliphatic hydroxyl groups is 1. The van der Waals surface area contributed by atoms with E-state index in [9.17, 15) is 5.11 Å². The first kappa shape index (κ1) is 14.6. The van der Waals surface area contributed by atoms with Crippen molar-refractivity contribution in [2.24, 2.45) is 17.3 Å². The Morgan fingerprint density at radius 3 is 2.73 bits per heavy atom. The third kappa shape index (κ3) is 1.83. The van der Waals surface area contributed by atoms with E-state index in [-0.39, 0.29) is 5.41 Å². The molecule has 1 N–H and O–H groups in total. The molecule has 120 valence electrons. The van der Waals surface area contributed by atoms with E-state index in [4.69, 9.17) is 4.74 Å². The largest absolute Gasteiger partial charge is 0.497 e. The Bertz CT molecular complexity index is 591. The normalized spacial score (nSPS) is 43.2. The molecule has 4 rings (SSSR count). The van der Waals surface area contributed by atoms with Crippen molar-refractivity contribution in [3.63, 3.8) is 0 Å². The maximum atomic E-state index is 10.9. The van der Waals surface area contributed by atoms with Gasteiger partial charge in [-0.05, 0) is 91.9 Å². The van der Waals surface area contributed by atoms with Crippen LogP contribution in [0.2, 0.25) is 0 Å². The molecular formula is C20H28O2. The van der Waals surface area contributed by atoms with E-state index in [1.54, 1.807) is 12.7 Å². The second-order valence-electron chi connectivity index (χ2n) is 8.25. The maximum Gasteiger partial charge on any atom is 0.119 e. The number of hydrogen-bond acceptors (Lipinski definition) is 2. The van der Waals surface area contributed by atoms with Crippen molar-refractivity contribution >= 4 is 0 Å². The van der Waals surface area contributed by atoms with Gasteiger partial charge in [0.2, 0.25) is 0 Å². The molecule has 2 saturated carbocycles. The fourth-order valence-corrected chi connectivity index (χ4v) is 5.93. The zero-order valence-electron chi connectivity index (χ0n) is 14.1. The summed E-state index contributed by atoms with van der Waals surface area (Å²) in [4.78, 5) is 0. The summed E-state index contributed by atoms with van der Waals surface area (Å²) in [6.45, 7) is 4.43. The molecule has 0 aliphatic heterocycles. The molecule has 2 nitrogen and oxygen atoms in total. The van der Waals surface area contributed by atoms with Gasteiger partial charge >= 0.3 is 0 Å². The minimum absolute atomic E-state index is 0.123. The smallest absolute Gasteiger partial charge is 0.119 e. The second-order valence-corrected chi connectivity index (χ2v) is 8.25. The first-order valence-corrected chi connectivity index (χ1v) is 8.85. The zero-order chi connectivity index (χ0) is 15.5. The highest BCUT2D eigenvalue weighted by Gasteiger charge is 2.59. The van der Waals surface area contributed by atoms with Crippen LogP contribution >= 0.6 is 0 Å². The molecule has 0 aromatic heterocycles. The third-order valence-corrected chi connectivity index (χ3v) is 7.50. The average molecular weight is 300 g/mol. The van der Waals surface area contributed by atoms with Gasteiger partial charge in [-0.3, -0.25) is 0 Å². The van der Waals surface area contributed by atoms with Crippen LogP contribution in [0.15, 0.2) is 18.2 Å². The summed E-state index contributed by atoms with van der Waals surface area (Å²) < 4.78 is 5.40. The second kappa shape index (κ2) is 4.74. The predicted molar refractivity (Wildman–Crippen MR) is 88.2 cm³/mol. The molecule has 22 heavy (non-hydrogen) atoms. The van der Waals surface area contributed by atoms with E-state index in [0.29, 0.717) is 11.8 Å². The molecule has 3 aliphatic carbocycles. The molecule has 0 spiro atoms. The van der Waals surface area contributed by atoms with E-state index in [0.717, 1.165) is 24.5 Å². The van der Waals surface area contributed by atoms with Gasteiger partial charge in [0.05, 0.1) is 12.7 Å². The fourth-order valence-electron chi connectivity index (χ4n) is 5.93. The quantitative estimate of drug-likeness (QED) is 0.838. The Balaban J connectivity index is 1.69. The van der Waals surface area contributed by atoms with Crippen LogP contribution in [0.5, 0.6) is 5.75 Å². The van der Waals surface area contributed by atoms with E-state index >= 15 is 0 Å². The van der Waals surface area contributed by atoms with Crippen LogP contribution in [0.1, 0.15) is 63.0 Å². The van der Waals surface area contributed by atoms with Crippen LogP contribution in [-0.2, 0) is 6.42 Å². The molecule has 0 saturated heterocycles. The highest BCUT2D eigenvalue weighted by atomic mass is 16.5. The van der Waals surface area contributed by atoms with E-state index in [1.807, 2.05) is 0 Å². The summed E-state index contributed by atoms with van der Waals surface area (Å²) in [5.74, 6) is 3.13. The van der Waals surface area contributed by atoms with Crippen molar-refractivity contribution in [3.05, 3.63) is 29.3 Å². The van der Waals surface area contributed by atoms with Crippen molar-refractivity contribution in [2.45, 2.75) is 63.9 Å². The minimum Gasteiger partial charge on any atom is -0.497 e. The van der Waals surface area contributed by atoms with Crippen LogP contribution in [-0.4, -0.2) is 17.8 Å². The van der Waals surface area contributed by atoms with Gasteiger partial charge < -0.3 is 9.84 Å². The lowest BCUT2D eigenvalue weighted by atomic mass is 9.53. The SMILES string of the molecule is COc1ccc2c(c1)CC[C@@H]1[C@@H]2CC[C@@]2(C)[C@H]1CC[C@]2(C)O. The molecule has 0 unspecified atom stereocenters. The number of methoxy groups -OCH3 is 1. The summed E-state index contributed by atoms with van der Waals surface area (Å²) in [6, 6.07) is 6.67. The van der Waals surface area contributed by atoms with E-state index < -0.39 is 5.60 Å². The minimum atomic E-state index is -0.469. The van der Waals surface area contributed by atoms with Gasteiger partial charge in [0.25, 0.3) is 0 Å². The Kier molecular flexibility index (Phi) is 3.14. The van der Waals surface area contributed by atoms with Crippen LogP contribution in [0, 0.1) is 17.3 Å². The highest BCUT2D eigenvalue weighted by Crippen LogP contribution is 2.64. The van der Waals surface area contributed by atoms with Crippen LogP contribution in [0.25, 0.3) is 0 Å². The molecule has 2 heteroatoms. The molecular weight excluding hydrogens is 272 g/mol. The van der Waals surface area contributed by atoms with Gasteiger partial charge in [0, 0.05) is 0 Å². The first-order chi connectivity index (χ1) is 10.5. The topological polar surface area (TPSA) is 29.5 Å². The van der Waals surface area contributed by atoms with Crippen molar-refractivity contribution in [1.82, 2.24) is 0 Å². The lowest BCUT2D eigenvalue weighted by Gasteiger charge is -2.52. The van der Waals surface area contributed by atoms with Crippen molar-refractivity contribution < 1.29 is 9.84 Å². The Labute approximate surface area is 133 Å². The third-order valence-electron chi connectivity index (χ3n) is 7.50. The summed E-state index contributed by atoms with van der Waals surface area (Å²) in [5.41, 5.74) is 2.71. The molecule has 5 atom stereocenters. The molecule has 0 heterocycles. The van der Waals surface area contributed by atoms with Crippen molar-refractivity contribution in [1.29, 1.82) is 0 Å². The van der Waals surface area contributed by atoms with Crippen molar-refractivity contribution in [2.75, 3.05) is 7.11 Å². The number of fused-ring (bicyclic) bond motifs is 5. The summed E-state index contributed by atoms with van der Waals surface area (Å²) in [5, 5.41) is 10.9. The lowest BCUT2D eigenvalue weighted by Crippen LogP contribution is -2.49. The lowest BCUT2D eigenvalue weighted by molar-refractivity contribution is -0.0901. The number of rotatable bonds is 1. The molecule has 3 aliphatic rings. The Hall–Kier alpha value is -1.02. The van der Waals surface area contributed by atoms with Crippen LogP contribution in [0.4, 0.5) is 0 Å². The molecule has 0 amide bonds. The Morgan fingerprint density at radius 1 is 1.14 bits per heavy atom. The Morgan fingerprint density at radius 2 is 1.95 bits per heavy atom. The van der Waals surface area contributed by atoms with Gasteiger partial charge in [0.15, 0.2) is 0 Å². The van der Waals surface area contributed by atoms with Gasteiger partial charge in [-0.25, -0.2) is 0 Å². The number of aryl methyl sites for hydroxylation is 1. The van der Waals surface area contributed by atoms with E-state index in [1.165, 1.54) is 31.2 Å². The molecule has 1 aromatic carbocycles. The van der Waals surface area contributed by atoms with E-state index in [2.05, 4.69) is 32.0 Å².